The third kappa shape index (κ3) is 13.4. The zero-order valence-electron chi connectivity index (χ0n) is 34.5. The highest BCUT2D eigenvalue weighted by atomic mass is 16.5. The van der Waals surface area contributed by atoms with Crippen LogP contribution in [0.5, 0.6) is 0 Å². The standard InChI is InChI=1S/C39H71N5O8/c1-15-26(8)35(43(12)39(50)33(24(4)5)41-38(49)34(25(6)7)42(10)11)30(51-13)22-31(45)44-20-16-17-29(44)36(52-14)27(9)37(48)40-28(21-23(2)3)18-19-32(46)47/h18-19,23-30,33-36H,15-17,20-22H2,1-14H3,(H,40,48)(H,41,49)(H,46,47). The number of carbonyl (C=O) groups is 5. The molecule has 1 rings (SSSR count). The number of hydrogen-bond donors (Lipinski definition) is 3. The number of hydrogen-bond acceptors (Lipinski definition) is 8. The van der Waals surface area contributed by atoms with E-state index < -0.39 is 48.3 Å². The molecule has 9 atom stereocenters. The average molecular weight is 738 g/mol. The Bertz CT molecular complexity index is 1180. The Morgan fingerprint density at radius 2 is 1.52 bits per heavy atom. The number of likely N-dealkylation sites (tertiary alicyclic amines) is 1. The third-order valence-electron chi connectivity index (χ3n) is 10.5. The summed E-state index contributed by atoms with van der Waals surface area (Å²) in [5.74, 6) is -2.54. The maximum atomic E-state index is 14.2. The second-order valence-corrected chi connectivity index (χ2v) is 15.9. The van der Waals surface area contributed by atoms with Crippen LogP contribution in [0, 0.1) is 29.6 Å². The molecule has 0 spiro atoms. The van der Waals surface area contributed by atoms with Gasteiger partial charge in [0.25, 0.3) is 0 Å². The van der Waals surface area contributed by atoms with E-state index in [1.807, 2.05) is 74.4 Å². The Morgan fingerprint density at radius 3 is 1.98 bits per heavy atom. The van der Waals surface area contributed by atoms with Gasteiger partial charge in [0.2, 0.25) is 23.6 Å². The van der Waals surface area contributed by atoms with Crippen LogP contribution >= 0.6 is 0 Å². The second kappa shape index (κ2) is 22.2. The Morgan fingerprint density at radius 1 is 0.904 bits per heavy atom. The van der Waals surface area contributed by atoms with Gasteiger partial charge in [0, 0.05) is 39.9 Å². The summed E-state index contributed by atoms with van der Waals surface area (Å²) in [6.07, 6.45) is 4.01. The van der Waals surface area contributed by atoms with Gasteiger partial charge >= 0.3 is 5.97 Å². The molecule has 0 aromatic heterocycles. The molecule has 1 aliphatic heterocycles. The van der Waals surface area contributed by atoms with Crippen molar-refractivity contribution >= 4 is 29.6 Å². The molecule has 1 aliphatic rings. The zero-order valence-corrected chi connectivity index (χ0v) is 34.5. The van der Waals surface area contributed by atoms with Gasteiger partial charge in [-0.3, -0.25) is 24.1 Å². The van der Waals surface area contributed by atoms with Crippen molar-refractivity contribution in [1.82, 2.24) is 25.3 Å². The van der Waals surface area contributed by atoms with Gasteiger partial charge in [-0.1, -0.05) is 74.8 Å². The van der Waals surface area contributed by atoms with Crippen LogP contribution in [0.4, 0.5) is 0 Å². The predicted octanol–water partition coefficient (Wildman–Crippen LogP) is 3.81. The number of amides is 4. The molecule has 0 saturated carbocycles. The third-order valence-corrected chi connectivity index (χ3v) is 10.5. The second-order valence-electron chi connectivity index (χ2n) is 15.9. The number of methoxy groups -OCH3 is 2. The summed E-state index contributed by atoms with van der Waals surface area (Å²) in [4.78, 5) is 71.7. The lowest BCUT2D eigenvalue weighted by Gasteiger charge is -2.41. The number of carbonyl (C=O) groups excluding carboxylic acids is 4. The first-order valence-electron chi connectivity index (χ1n) is 19.0. The molecule has 300 valence electrons. The average Bonchev–Trinajstić information content (AvgIpc) is 3.54. The number of nitrogens with one attached hydrogen (secondary N) is 2. The van der Waals surface area contributed by atoms with Crippen LogP contribution in [0.1, 0.15) is 94.4 Å². The highest BCUT2D eigenvalue weighted by Crippen LogP contribution is 2.30. The number of carboxylic acids is 1. The van der Waals surface area contributed by atoms with E-state index in [9.17, 15) is 24.0 Å². The lowest BCUT2D eigenvalue weighted by atomic mass is 9.89. The molecule has 0 aromatic rings. The van der Waals surface area contributed by atoms with Crippen molar-refractivity contribution in [2.45, 2.75) is 137 Å². The van der Waals surface area contributed by atoms with Crippen molar-refractivity contribution in [2.75, 3.05) is 41.9 Å². The molecule has 13 nitrogen and oxygen atoms in total. The van der Waals surface area contributed by atoms with Crippen molar-refractivity contribution in [2.24, 2.45) is 29.6 Å². The van der Waals surface area contributed by atoms with Crippen LogP contribution in [-0.2, 0) is 33.4 Å². The first kappa shape index (κ1) is 47.0. The summed E-state index contributed by atoms with van der Waals surface area (Å²) in [6.45, 7) is 18.1. The van der Waals surface area contributed by atoms with Gasteiger partial charge in [0.15, 0.2) is 0 Å². The molecular formula is C39H71N5O8. The van der Waals surface area contributed by atoms with Crippen LogP contribution in [0.25, 0.3) is 0 Å². The van der Waals surface area contributed by atoms with Gasteiger partial charge in [-0.25, -0.2) is 4.79 Å². The molecule has 13 heteroatoms. The fourth-order valence-electron chi connectivity index (χ4n) is 7.62. The molecule has 0 bridgehead atoms. The summed E-state index contributed by atoms with van der Waals surface area (Å²) in [5.41, 5.74) is 0. The number of rotatable bonds is 22. The number of carboxylic acid groups (broad SMARTS) is 1. The monoisotopic (exact) mass is 738 g/mol. The fourth-order valence-corrected chi connectivity index (χ4v) is 7.62. The van der Waals surface area contributed by atoms with Gasteiger partial charge < -0.3 is 35.0 Å². The molecule has 0 aromatic carbocycles. The van der Waals surface area contributed by atoms with Crippen molar-refractivity contribution < 1.29 is 38.6 Å². The largest absolute Gasteiger partial charge is 0.478 e. The van der Waals surface area contributed by atoms with Gasteiger partial charge in [-0.15, -0.1) is 0 Å². The number of aliphatic carboxylic acids is 1. The van der Waals surface area contributed by atoms with Crippen LogP contribution in [-0.4, -0.2) is 134 Å². The predicted molar refractivity (Wildman–Crippen MR) is 203 cm³/mol. The van der Waals surface area contributed by atoms with Crippen molar-refractivity contribution in [3.05, 3.63) is 12.2 Å². The van der Waals surface area contributed by atoms with Gasteiger partial charge in [0.05, 0.1) is 42.7 Å². The van der Waals surface area contributed by atoms with Crippen molar-refractivity contribution in [3.63, 3.8) is 0 Å². The topological polar surface area (TPSA) is 158 Å². The number of nitrogens with zero attached hydrogens (tertiary/aromatic N) is 3. The van der Waals surface area contributed by atoms with E-state index in [0.29, 0.717) is 19.4 Å². The summed E-state index contributed by atoms with van der Waals surface area (Å²) < 4.78 is 11.9. The maximum absolute atomic E-state index is 14.2. The number of ether oxygens (including phenoxy) is 2. The Kier molecular flexibility index (Phi) is 20.1. The molecule has 1 saturated heterocycles. The summed E-state index contributed by atoms with van der Waals surface area (Å²) >= 11 is 0. The summed E-state index contributed by atoms with van der Waals surface area (Å²) in [6, 6.07) is -2.45. The van der Waals surface area contributed by atoms with Gasteiger partial charge in [0.1, 0.15) is 6.04 Å². The molecule has 9 unspecified atom stereocenters. The molecule has 4 amide bonds. The maximum Gasteiger partial charge on any atom is 0.328 e. The molecular weight excluding hydrogens is 666 g/mol. The van der Waals surface area contributed by atoms with Gasteiger partial charge in [-0.2, -0.15) is 0 Å². The highest BCUT2D eigenvalue weighted by molar-refractivity contribution is 5.90. The first-order valence-corrected chi connectivity index (χ1v) is 19.0. The molecule has 3 N–H and O–H groups in total. The summed E-state index contributed by atoms with van der Waals surface area (Å²) in [5, 5.41) is 15.1. The van der Waals surface area contributed by atoms with Gasteiger partial charge in [-0.05, 0) is 57.0 Å². The normalized spacial score (nSPS) is 19.7. The first-order chi connectivity index (χ1) is 24.2. The van der Waals surface area contributed by atoms with Crippen LogP contribution in [0.3, 0.4) is 0 Å². The zero-order chi connectivity index (χ0) is 40.0. The van der Waals surface area contributed by atoms with E-state index in [1.165, 1.54) is 13.2 Å². The van der Waals surface area contributed by atoms with Crippen molar-refractivity contribution in [3.8, 4) is 0 Å². The van der Waals surface area contributed by atoms with Crippen molar-refractivity contribution in [1.29, 1.82) is 0 Å². The minimum absolute atomic E-state index is 0.0157. The fraction of sp³-hybridized carbons (Fsp3) is 0.821. The Balaban J connectivity index is 3.28. The molecule has 52 heavy (non-hydrogen) atoms. The minimum atomic E-state index is -1.09. The van der Waals surface area contributed by atoms with Crippen LogP contribution < -0.4 is 10.6 Å². The Hall–Kier alpha value is -3.03. The lowest BCUT2D eigenvalue weighted by Crippen LogP contribution is -2.59. The molecule has 0 radical (unpaired) electrons. The number of likely N-dealkylation sites (N-methyl/N-ethyl adjacent to an activating group) is 2. The highest BCUT2D eigenvalue weighted by Gasteiger charge is 2.43. The minimum Gasteiger partial charge on any atom is -0.478 e. The SMILES string of the molecule is CCC(C)C(C(CC(=O)N1CCCC1C(OC)C(C)C(=O)NC(C=CC(=O)O)CC(C)C)OC)N(C)C(=O)C(NC(=O)C(C(C)C)N(C)C)C(C)C. The van der Waals surface area contributed by atoms with E-state index in [1.54, 1.807) is 30.9 Å². The van der Waals surface area contributed by atoms with E-state index in [-0.39, 0.29) is 59.8 Å². The lowest BCUT2D eigenvalue weighted by molar-refractivity contribution is -0.148. The van der Waals surface area contributed by atoms with E-state index in [4.69, 9.17) is 14.6 Å². The summed E-state index contributed by atoms with van der Waals surface area (Å²) in [7, 11) is 8.51. The molecule has 0 aliphatic carbocycles. The molecule has 1 heterocycles. The van der Waals surface area contributed by atoms with E-state index in [0.717, 1.165) is 18.9 Å². The quantitative estimate of drug-likeness (QED) is 0.141. The van der Waals surface area contributed by atoms with E-state index in [2.05, 4.69) is 10.6 Å². The molecule has 1 fully saturated rings. The Labute approximate surface area is 313 Å². The smallest absolute Gasteiger partial charge is 0.328 e. The van der Waals surface area contributed by atoms with E-state index >= 15 is 0 Å². The van der Waals surface area contributed by atoms with Crippen LogP contribution in [0.15, 0.2) is 12.2 Å². The van der Waals surface area contributed by atoms with Crippen LogP contribution in [0.2, 0.25) is 0 Å².